The lowest BCUT2D eigenvalue weighted by Crippen LogP contribution is -1.91. The Morgan fingerprint density at radius 3 is 1.52 bits per heavy atom. The molecule has 0 amide bonds. The number of unbranched alkanes of at least 4 members (excludes halogenated alkanes) is 13. The molecule has 0 radical (unpaired) electrons. The Morgan fingerprint density at radius 2 is 1.04 bits per heavy atom. The largest absolute Gasteiger partial charge is 0.478 e. The van der Waals surface area contributed by atoms with Gasteiger partial charge in [0.15, 0.2) is 5.78 Å². The van der Waals surface area contributed by atoms with E-state index < -0.39 is 5.97 Å². The van der Waals surface area contributed by atoms with E-state index in [1.165, 1.54) is 89.5 Å². The van der Waals surface area contributed by atoms with Gasteiger partial charge in [0.2, 0.25) is 0 Å². The first-order valence-electron chi connectivity index (χ1n) is 10.9. The second kappa shape index (κ2) is 20.7. The molecule has 0 atom stereocenters. The Balaban J connectivity index is 3.30. The smallest absolute Gasteiger partial charge is 0.328 e. The average molecular weight is 377 g/mol. The first-order valence-corrected chi connectivity index (χ1v) is 10.9. The van der Waals surface area contributed by atoms with Crippen LogP contribution in [0.3, 0.4) is 0 Å². The molecular formula is C24H40O3. The van der Waals surface area contributed by atoms with Crippen molar-refractivity contribution < 1.29 is 14.7 Å². The molecule has 0 rings (SSSR count). The van der Waals surface area contributed by atoms with Crippen LogP contribution in [0.5, 0.6) is 0 Å². The molecule has 0 heterocycles. The molecule has 0 aromatic carbocycles. The molecule has 0 aliphatic carbocycles. The van der Waals surface area contributed by atoms with E-state index in [-0.39, 0.29) is 5.78 Å². The van der Waals surface area contributed by atoms with E-state index in [4.69, 9.17) is 5.11 Å². The number of hydrogen-bond acceptors (Lipinski definition) is 2. The Kier molecular flexibility index (Phi) is 19.4. The predicted molar refractivity (Wildman–Crippen MR) is 115 cm³/mol. The molecule has 0 fully saturated rings. The lowest BCUT2D eigenvalue weighted by Gasteiger charge is -1.99. The van der Waals surface area contributed by atoms with Crippen molar-refractivity contribution in [3.8, 4) is 0 Å². The van der Waals surface area contributed by atoms with E-state index in [0.29, 0.717) is 0 Å². The van der Waals surface area contributed by atoms with E-state index >= 15 is 0 Å². The summed E-state index contributed by atoms with van der Waals surface area (Å²) in [5.41, 5.74) is 0. The van der Waals surface area contributed by atoms with Crippen LogP contribution >= 0.6 is 0 Å². The molecule has 154 valence electrons. The van der Waals surface area contributed by atoms with Crippen molar-refractivity contribution in [2.45, 2.75) is 103 Å². The second-order valence-electron chi connectivity index (χ2n) is 7.20. The molecule has 0 bridgehead atoms. The predicted octanol–water partition coefficient (Wildman–Crippen LogP) is 7.18. The fourth-order valence-corrected chi connectivity index (χ4v) is 2.92. The third-order valence-corrected chi connectivity index (χ3v) is 4.55. The highest BCUT2D eigenvalue weighted by molar-refractivity contribution is 6.02. The van der Waals surface area contributed by atoms with Crippen LogP contribution in [-0.4, -0.2) is 16.9 Å². The van der Waals surface area contributed by atoms with Crippen LogP contribution < -0.4 is 0 Å². The molecule has 0 spiro atoms. The fraction of sp³-hybridized carbons (Fsp3) is 0.667. The van der Waals surface area contributed by atoms with Crippen LogP contribution in [0, 0.1) is 0 Å². The van der Waals surface area contributed by atoms with Crippen LogP contribution in [0.2, 0.25) is 0 Å². The van der Waals surface area contributed by atoms with Crippen molar-refractivity contribution in [2.24, 2.45) is 0 Å². The molecular weight excluding hydrogens is 336 g/mol. The second-order valence-corrected chi connectivity index (χ2v) is 7.20. The van der Waals surface area contributed by atoms with Crippen LogP contribution in [0.1, 0.15) is 103 Å². The lowest BCUT2D eigenvalue weighted by atomic mass is 10.1. The quantitative estimate of drug-likeness (QED) is 0.147. The number of rotatable bonds is 19. The molecule has 3 nitrogen and oxygen atoms in total. The zero-order chi connectivity index (χ0) is 20.0. The van der Waals surface area contributed by atoms with Gasteiger partial charge >= 0.3 is 5.97 Å². The highest BCUT2D eigenvalue weighted by Crippen LogP contribution is 2.10. The van der Waals surface area contributed by atoms with Crippen molar-refractivity contribution in [3.05, 3.63) is 36.5 Å². The van der Waals surface area contributed by atoms with E-state index in [1.54, 1.807) is 0 Å². The van der Waals surface area contributed by atoms with E-state index in [2.05, 4.69) is 19.1 Å². The fourth-order valence-electron chi connectivity index (χ4n) is 2.92. The molecule has 1 N–H and O–H groups in total. The number of carboxylic acid groups (broad SMARTS) is 1. The Hall–Kier alpha value is -1.64. The van der Waals surface area contributed by atoms with Gasteiger partial charge in [0.05, 0.1) is 0 Å². The molecule has 0 saturated carbocycles. The SMILES string of the molecule is CCCCCCCC/C=C\CCCCCCCC/C=C/C(=O)/C=C/C(=O)O. The summed E-state index contributed by atoms with van der Waals surface area (Å²) in [7, 11) is 0. The summed E-state index contributed by atoms with van der Waals surface area (Å²) in [6.07, 6.45) is 28.9. The normalized spacial score (nSPS) is 11.9. The van der Waals surface area contributed by atoms with Crippen LogP contribution in [0.15, 0.2) is 36.5 Å². The average Bonchev–Trinajstić information content (AvgIpc) is 2.65. The van der Waals surface area contributed by atoms with Gasteiger partial charge < -0.3 is 5.11 Å². The van der Waals surface area contributed by atoms with Gasteiger partial charge in [-0.3, -0.25) is 4.79 Å². The van der Waals surface area contributed by atoms with Crippen molar-refractivity contribution in [3.63, 3.8) is 0 Å². The number of allylic oxidation sites excluding steroid dienone is 5. The maximum absolute atomic E-state index is 11.3. The maximum Gasteiger partial charge on any atom is 0.328 e. The first kappa shape index (κ1) is 25.4. The van der Waals surface area contributed by atoms with Crippen LogP contribution in [0.4, 0.5) is 0 Å². The van der Waals surface area contributed by atoms with Gasteiger partial charge in [0, 0.05) is 6.08 Å². The highest BCUT2D eigenvalue weighted by atomic mass is 16.4. The standard InChI is InChI=1S/C24H40O3/c1-2-3-4-5-6-7-8-9-10-11-12-13-14-15-16-17-18-19-20-23(25)21-22-24(26)27/h9-10,19-22H,2-8,11-18H2,1H3,(H,26,27)/b10-9-,20-19+,22-21+. The number of carbonyl (C=O) groups is 2. The molecule has 0 unspecified atom stereocenters. The minimum Gasteiger partial charge on any atom is -0.478 e. The summed E-state index contributed by atoms with van der Waals surface area (Å²) in [5.74, 6) is -1.35. The molecule has 0 aliphatic rings. The summed E-state index contributed by atoms with van der Waals surface area (Å²) in [6.45, 7) is 2.26. The van der Waals surface area contributed by atoms with Gasteiger partial charge in [-0.1, -0.05) is 82.9 Å². The molecule has 0 aromatic rings. The van der Waals surface area contributed by atoms with Crippen LogP contribution in [-0.2, 0) is 9.59 Å². The van der Waals surface area contributed by atoms with Crippen LogP contribution in [0.25, 0.3) is 0 Å². The van der Waals surface area contributed by atoms with Gasteiger partial charge in [-0.15, -0.1) is 0 Å². The van der Waals surface area contributed by atoms with E-state index in [0.717, 1.165) is 25.0 Å². The monoisotopic (exact) mass is 376 g/mol. The van der Waals surface area contributed by atoms with Gasteiger partial charge in [-0.2, -0.15) is 0 Å². The highest BCUT2D eigenvalue weighted by Gasteiger charge is 1.93. The Morgan fingerprint density at radius 1 is 0.593 bits per heavy atom. The third-order valence-electron chi connectivity index (χ3n) is 4.55. The van der Waals surface area contributed by atoms with Gasteiger partial charge in [0.25, 0.3) is 0 Å². The zero-order valence-electron chi connectivity index (χ0n) is 17.3. The molecule has 0 aromatic heterocycles. The van der Waals surface area contributed by atoms with Crippen molar-refractivity contribution in [2.75, 3.05) is 0 Å². The summed E-state index contributed by atoms with van der Waals surface area (Å²) in [4.78, 5) is 21.6. The van der Waals surface area contributed by atoms with E-state index in [9.17, 15) is 9.59 Å². The van der Waals surface area contributed by atoms with Crippen molar-refractivity contribution in [1.82, 2.24) is 0 Å². The zero-order valence-corrected chi connectivity index (χ0v) is 17.3. The Bertz CT molecular complexity index is 447. The minimum absolute atomic E-state index is 0.262. The lowest BCUT2D eigenvalue weighted by molar-refractivity contribution is -0.131. The van der Waals surface area contributed by atoms with Crippen molar-refractivity contribution >= 4 is 11.8 Å². The van der Waals surface area contributed by atoms with Gasteiger partial charge in [-0.05, 0) is 50.7 Å². The molecule has 27 heavy (non-hydrogen) atoms. The first-order chi connectivity index (χ1) is 13.2. The number of aliphatic carboxylic acids is 1. The number of ketones is 1. The number of carbonyl (C=O) groups excluding carboxylic acids is 1. The van der Waals surface area contributed by atoms with Gasteiger partial charge in [-0.25, -0.2) is 4.79 Å². The number of carboxylic acids is 1. The summed E-state index contributed by atoms with van der Waals surface area (Å²) in [6, 6.07) is 0. The number of hydrogen-bond donors (Lipinski definition) is 1. The molecule has 3 heteroatoms. The topological polar surface area (TPSA) is 54.4 Å². The maximum atomic E-state index is 11.3. The summed E-state index contributed by atoms with van der Waals surface area (Å²) >= 11 is 0. The Labute approximate surface area is 166 Å². The van der Waals surface area contributed by atoms with Gasteiger partial charge in [0.1, 0.15) is 0 Å². The third kappa shape index (κ3) is 22.3. The van der Waals surface area contributed by atoms with E-state index in [1.807, 2.05) is 6.08 Å². The molecule has 0 aliphatic heterocycles. The summed E-state index contributed by atoms with van der Waals surface area (Å²) in [5, 5.41) is 8.42. The minimum atomic E-state index is -1.09. The van der Waals surface area contributed by atoms with Crippen molar-refractivity contribution in [1.29, 1.82) is 0 Å². The summed E-state index contributed by atoms with van der Waals surface area (Å²) < 4.78 is 0. The molecule has 0 saturated heterocycles.